The Labute approximate surface area is 245 Å². The second-order valence-corrected chi connectivity index (χ2v) is 13.1. The fourth-order valence-electron chi connectivity index (χ4n) is 4.01. The summed E-state index contributed by atoms with van der Waals surface area (Å²) in [4.78, 5) is 28.5. The van der Waals surface area contributed by atoms with Crippen molar-refractivity contribution < 1.29 is 22.7 Å². The van der Waals surface area contributed by atoms with Crippen molar-refractivity contribution in [2.45, 2.75) is 57.6 Å². The van der Waals surface area contributed by atoms with Gasteiger partial charge in [0.1, 0.15) is 18.3 Å². The number of carbonyl (C=O) groups is 2. The van der Waals surface area contributed by atoms with Gasteiger partial charge in [0.2, 0.25) is 11.8 Å². The smallest absolute Gasteiger partial charge is 0.264 e. The number of nitrogens with zero attached hydrogens (tertiary/aromatic N) is 2. The van der Waals surface area contributed by atoms with Crippen molar-refractivity contribution in [2.24, 2.45) is 0 Å². The standard InChI is InChI=1S/C30H36BrN3O5S/c1-6-39-26-15-17-27(18-16-26)40(37,38)34(25-13-8-7-9-14-25)21-28(35)33(20-23-11-10-12-24(31)19-23)22(2)29(36)32-30(3,4)5/h7-19,22H,6,20-21H2,1-5H3,(H,32,36). The van der Waals surface area contributed by atoms with Crippen LogP contribution in [0.4, 0.5) is 5.69 Å². The number of nitrogens with one attached hydrogen (secondary N) is 1. The van der Waals surface area contributed by atoms with E-state index in [1.165, 1.54) is 17.0 Å². The third-order valence-electron chi connectivity index (χ3n) is 5.95. The zero-order chi connectivity index (χ0) is 29.5. The van der Waals surface area contributed by atoms with Crippen molar-refractivity contribution in [3.05, 3.63) is 88.9 Å². The minimum atomic E-state index is -4.15. The molecule has 0 aromatic heterocycles. The van der Waals surface area contributed by atoms with E-state index < -0.39 is 34.1 Å². The first kappa shape index (κ1) is 31.2. The highest BCUT2D eigenvalue weighted by Crippen LogP contribution is 2.26. The van der Waals surface area contributed by atoms with Gasteiger partial charge in [-0.25, -0.2) is 8.42 Å². The van der Waals surface area contributed by atoms with Crippen LogP contribution >= 0.6 is 15.9 Å². The van der Waals surface area contributed by atoms with Crippen molar-refractivity contribution in [1.29, 1.82) is 0 Å². The van der Waals surface area contributed by atoms with Gasteiger partial charge in [0, 0.05) is 16.6 Å². The number of rotatable bonds is 11. The summed E-state index contributed by atoms with van der Waals surface area (Å²) in [6.45, 7) is 9.13. The third kappa shape index (κ3) is 8.32. The van der Waals surface area contributed by atoms with Gasteiger partial charge in [0.05, 0.1) is 17.2 Å². The van der Waals surface area contributed by atoms with Crippen molar-refractivity contribution in [3.63, 3.8) is 0 Å². The van der Waals surface area contributed by atoms with Crippen molar-refractivity contribution in [2.75, 3.05) is 17.5 Å². The van der Waals surface area contributed by atoms with Crippen LogP contribution in [-0.2, 0) is 26.2 Å². The average Bonchev–Trinajstić information content (AvgIpc) is 2.90. The highest BCUT2D eigenvalue weighted by Gasteiger charge is 2.33. The molecule has 0 saturated heterocycles. The molecule has 214 valence electrons. The van der Waals surface area contributed by atoms with Crippen LogP contribution in [0.1, 0.15) is 40.2 Å². The molecule has 0 fully saturated rings. The van der Waals surface area contributed by atoms with Gasteiger partial charge in [0.15, 0.2) is 0 Å². The number of amides is 2. The molecule has 3 aromatic carbocycles. The largest absolute Gasteiger partial charge is 0.494 e. The topological polar surface area (TPSA) is 96.0 Å². The molecule has 0 aliphatic heterocycles. The second kappa shape index (κ2) is 13.3. The van der Waals surface area contributed by atoms with Crippen LogP contribution < -0.4 is 14.4 Å². The number of benzene rings is 3. The molecule has 40 heavy (non-hydrogen) atoms. The number of sulfonamides is 1. The quantitative estimate of drug-likeness (QED) is 0.307. The first-order valence-electron chi connectivity index (χ1n) is 13.0. The van der Waals surface area contributed by atoms with E-state index >= 15 is 0 Å². The lowest BCUT2D eigenvalue weighted by atomic mass is 10.1. The molecule has 0 spiro atoms. The van der Waals surface area contributed by atoms with Crippen LogP contribution in [0.3, 0.4) is 0 Å². The molecule has 0 radical (unpaired) electrons. The maximum Gasteiger partial charge on any atom is 0.264 e. The molecule has 3 aromatic rings. The number of ether oxygens (including phenoxy) is 1. The Kier molecular flexibility index (Phi) is 10.4. The zero-order valence-corrected chi connectivity index (χ0v) is 25.8. The van der Waals surface area contributed by atoms with E-state index in [-0.39, 0.29) is 17.3 Å². The zero-order valence-electron chi connectivity index (χ0n) is 23.4. The predicted octanol–water partition coefficient (Wildman–Crippen LogP) is 5.38. The lowest BCUT2D eigenvalue weighted by molar-refractivity contribution is -0.140. The molecule has 0 aliphatic rings. The first-order chi connectivity index (χ1) is 18.8. The molecule has 0 saturated carbocycles. The van der Waals surface area contributed by atoms with E-state index in [4.69, 9.17) is 4.74 Å². The maximum atomic E-state index is 14.0. The van der Waals surface area contributed by atoms with Gasteiger partial charge in [-0.3, -0.25) is 13.9 Å². The van der Waals surface area contributed by atoms with Gasteiger partial charge in [-0.1, -0.05) is 46.3 Å². The molecular weight excluding hydrogens is 594 g/mol. The monoisotopic (exact) mass is 629 g/mol. The molecule has 0 bridgehead atoms. The summed E-state index contributed by atoms with van der Waals surface area (Å²) >= 11 is 3.45. The van der Waals surface area contributed by atoms with Gasteiger partial charge < -0.3 is 15.0 Å². The summed E-state index contributed by atoms with van der Waals surface area (Å²) in [6, 6.07) is 21.1. The first-order valence-corrected chi connectivity index (χ1v) is 15.2. The number of halogens is 1. The molecule has 10 heteroatoms. The average molecular weight is 631 g/mol. The molecule has 2 amide bonds. The normalized spacial score (nSPS) is 12.3. The van der Waals surface area contributed by atoms with Crippen molar-refractivity contribution in [3.8, 4) is 5.75 Å². The van der Waals surface area contributed by atoms with Crippen LogP contribution in [-0.4, -0.2) is 49.9 Å². The van der Waals surface area contributed by atoms with Gasteiger partial charge in [0.25, 0.3) is 10.0 Å². The number of para-hydroxylation sites is 1. The van der Waals surface area contributed by atoms with E-state index in [0.29, 0.717) is 18.0 Å². The van der Waals surface area contributed by atoms with Crippen LogP contribution in [0.5, 0.6) is 5.75 Å². The Balaban J connectivity index is 2.00. The Morgan fingerprint density at radius 2 is 1.62 bits per heavy atom. The van der Waals surface area contributed by atoms with E-state index in [1.807, 2.05) is 52.0 Å². The summed E-state index contributed by atoms with van der Waals surface area (Å²) in [6.07, 6.45) is 0. The summed E-state index contributed by atoms with van der Waals surface area (Å²) in [5.41, 5.74) is 0.612. The third-order valence-corrected chi connectivity index (χ3v) is 8.23. The number of anilines is 1. The molecule has 0 aliphatic carbocycles. The van der Waals surface area contributed by atoms with Gasteiger partial charge in [-0.15, -0.1) is 0 Å². The molecular formula is C30H36BrN3O5S. The maximum absolute atomic E-state index is 14.0. The highest BCUT2D eigenvalue weighted by molar-refractivity contribution is 9.10. The van der Waals surface area contributed by atoms with E-state index in [9.17, 15) is 18.0 Å². The van der Waals surface area contributed by atoms with E-state index in [2.05, 4.69) is 21.2 Å². The minimum absolute atomic E-state index is 0.0182. The summed E-state index contributed by atoms with van der Waals surface area (Å²) in [7, 11) is -4.15. The summed E-state index contributed by atoms with van der Waals surface area (Å²) in [5, 5.41) is 2.92. The fraction of sp³-hybridized carbons (Fsp3) is 0.333. The Bertz CT molecular complexity index is 1410. The molecule has 1 N–H and O–H groups in total. The van der Waals surface area contributed by atoms with Crippen molar-refractivity contribution in [1.82, 2.24) is 10.2 Å². The summed E-state index contributed by atoms with van der Waals surface area (Å²) < 4.78 is 35.1. The fourth-order valence-corrected chi connectivity index (χ4v) is 5.87. The van der Waals surface area contributed by atoms with Gasteiger partial charge in [-0.05, 0) is 88.7 Å². The molecule has 8 nitrogen and oxygen atoms in total. The van der Waals surface area contributed by atoms with E-state index in [1.54, 1.807) is 49.4 Å². The van der Waals surface area contributed by atoms with Crippen LogP contribution in [0.15, 0.2) is 88.2 Å². The van der Waals surface area contributed by atoms with Crippen LogP contribution in [0, 0.1) is 0 Å². The second-order valence-electron chi connectivity index (χ2n) is 10.3. The Morgan fingerprint density at radius 1 is 0.975 bits per heavy atom. The van der Waals surface area contributed by atoms with Crippen molar-refractivity contribution >= 4 is 43.5 Å². The van der Waals surface area contributed by atoms with E-state index in [0.717, 1.165) is 14.3 Å². The Morgan fingerprint density at radius 3 is 2.20 bits per heavy atom. The molecule has 0 heterocycles. The van der Waals surface area contributed by atoms with Crippen LogP contribution in [0.25, 0.3) is 0 Å². The molecule has 3 rings (SSSR count). The lowest BCUT2D eigenvalue weighted by Gasteiger charge is -2.33. The van der Waals surface area contributed by atoms with Crippen LogP contribution in [0.2, 0.25) is 0 Å². The number of hydrogen-bond acceptors (Lipinski definition) is 5. The van der Waals surface area contributed by atoms with Gasteiger partial charge >= 0.3 is 0 Å². The summed E-state index contributed by atoms with van der Waals surface area (Å²) in [5.74, 6) is -0.311. The number of hydrogen-bond donors (Lipinski definition) is 1. The van der Waals surface area contributed by atoms with Gasteiger partial charge in [-0.2, -0.15) is 0 Å². The predicted molar refractivity (Wildman–Crippen MR) is 161 cm³/mol. The minimum Gasteiger partial charge on any atom is -0.494 e. The number of carbonyl (C=O) groups excluding carboxylic acids is 2. The lowest BCUT2D eigenvalue weighted by Crippen LogP contribution is -2.54. The molecule has 1 atom stereocenters. The Hall–Kier alpha value is -3.37. The molecule has 1 unspecified atom stereocenters. The highest BCUT2D eigenvalue weighted by atomic mass is 79.9. The SMILES string of the molecule is CCOc1ccc(S(=O)(=O)N(CC(=O)N(Cc2cccc(Br)c2)C(C)C(=O)NC(C)(C)C)c2ccccc2)cc1.